The third kappa shape index (κ3) is 4.87. The van der Waals surface area contributed by atoms with Gasteiger partial charge in [0, 0.05) is 13.1 Å². The van der Waals surface area contributed by atoms with Crippen molar-refractivity contribution in [1.82, 2.24) is 25.6 Å². The number of benzene rings is 1. The van der Waals surface area contributed by atoms with Crippen molar-refractivity contribution in [2.75, 3.05) is 19.6 Å². The number of hydrogen-bond acceptors (Lipinski definition) is 4. The van der Waals surface area contributed by atoms with Gasteiger partial charge in [0.15, 0.2) is 5.69 Å². The molecule has 0 saturated carbocycles. The van der Waals surface area contributed by atoms with Crippen molar-refractivity contribution in [3.63, 3.8) is 0 Å². The highest BCUT2D eigenvalue weighted by molar-refractivity contribution is 5.91. The fourth-order valence-electron chi connectivity index (χ4n) is 2.42. The summed E-state index contributed by atoms with van der Waals surface area (Å²) < 4.78 is 14.7. The smallest absolute Gasteiger partial charge is 0.273 e. The fourth-order valence-corrected chi connectivity index (χ4v) is 2.42. The molecule has 24 heavy (non-hydrogen) atoms. The largest absolute Gasteiger partial charge is 0.347 e. The third-order valence-corrected chi connectivity index (χ3v) is 3.64. The van der Waals surface area contributed by atoms with Gasteiger partial charge < -0.3 is 10.6 Å². The van der Waals surface area contributed by atoms with Crippen LogP contribution in [0, 0.1) is 5.82 Å². The Bertz CT molecular complexity index is 731. The zero-order chi connectivity index (χ0) is 16.1. The van der Waals surface area contributed by atoms with Crippen LogP contribution in [0.3, 0.4) is 0 Å². The number of carbonyl (C=O) groups is 1. The van der Waals surface area contributed by atoms with Gasteiger partial charge in [0.1, 0.15) is 5.82 Å². The molecule has 2 aromatic rings. The molecule has 8 heteroatoms. The van der Waals surface area contributed by atoms with Crippen LogP contribution in [0.25, 0.3) is 0 Å². The average molecular weight is 352 g/mol. The normalized spacial score (nSPS) is 13.8. The molecule has 0 aliphatic carbocycles. The standard InChI is InChI=1S/C16H18FN5O.ClH/c17-14-3-1-2-13(8-14)10-22-11-15(20-21-22)16(23)19-9-12-4-6-18-7-5-12;/h1-4,8,11,18H,5-7,9-10H2,(H,19,23);1H. The summed E-state index contributed by atoms with van der Waals surface area (Å²) in [5.41, 5.74) is 2.24. The molecule has 0 bridgehead atoms. The molecule has 1 aromatic carbocycles. The van der Waals surface area contributed by atoms with Gasteiger partial charge in [-0.3, -0.25) is 4.79 Å². The van der Waals surface area contributed by atoms with Crippen LogP contribution in [0.4, 0.5) is 4.39 Å². The van der Waals surface area contributed by atoms with E-state index in [1.807, 2.05) is 0 Å². The lowest BCUT2D eigenvalue weighted by molar-refractivity contribution is 0.0951. The zero-order valence-corrected chi connectivity index (χ0v) is 13.9. The van der Waals surface area contributed by atoms with Crippen LogP contribution in [0.1, 0.15) is 22.5 Å². The van der Waals surface area contributed by atoms with E-state index in [1.54, 1.807) is 18.3 Å². The monoisotopic (exact) mass is 351 g/mol. The number of rotatable bonds is 5. The number of nitrogens with one attached hydrogen (secondary N) is 2. The van der Waals surface area contributed by atoms with Crippen LogP contribution in [0.5, 0.6) is 0 Å². The predicted octanol–water partition coefficient (Wildman–Crippen LogP) is 1.54. The molecule has 0 saturated heterocycles. The van der Waals surface area contributed by atoms with Crippen LogP contribution in [-0.4, -0.2) is 40.5 Å². The Kier molecular flexibility index (Phi) is 6.45. The van der Waals surface area contributed by atoms with Crippen LogP contribution >= 0.6 is 12.4 Å². The van der Waals surface area contributed by atoms with Gasteiger partial charge in [-0.25, -0.2) is 9.07 Å². The average Bonchev–Trinajstić information content (AvgIpc) is 3.02. The summed E-state index contributed by atoms with van der Waals surface area (Å²) in [7, 11) is 0. The van der Waals surface area contributed by atoms with Gasteiger partial charge in [-0.05, 0) is 30.7 Å². The number of carbonyl (C=O) groups excluding carboxylic acids is 1. The summed E-state index contributed by atoms with van der Waals surface area (Å²) in [4.78, 5) is 12.1. The molecular weight excluding hydrogens is 333 g/mol. The van der Waals surface area contributed by atoms with Gasteiger partial charge in [0.2, 0.25) is 0 Å². The second kappa shape index (κ2) is 8.56. The molecule has 2 N–H and O–H groups in total. The molecule has 1 aliphatic rings. The lowest BCUT2D eigenvalue weighted by Gasteiger charge is -2.13. The van der Waals surface area contributed by atoms with E-state index in [-0.39, 0.29) is 29.8 Å². The summed E-state index contributed by atoms with van der Waals surface area (Å²) >= 11 is 0. The summed E-state index contributed by atoms with van der Waals surface area (Å²) in [5.74, 6) is -0.550. The molecule has 1 aliphatic heterocycles. The quantitative estimate of drug-likeness (QED) is 0.801. The topological polar surface area (TPSA) is 71.8 Å². The summed E-state index contributed by atoms with van der Waals surface area (Å²) in [6.07, 6.45) is 4.59. The Labute approximate surface area is 145 Å². The SMILES string of the molecule is Cl.O=C(NCC1=CCNCC1)c1cn(Cc2cccc(F)c2)nn1. The predicted molar refractivity (Wildman–Crippen MR) is 90.7 cm³/mol. The van der Waals surface area contributed by atoms with Crippen molar-refractivity contribution in [3.05, 3.63) is 59.2 Å². The van der Waals surface area contributed by atoms with Crippen molar-refractivity contribution in [1.29, 1.82) is 0 Å². The Morgan fingerprint density at radius 1 is 1.42 bits per heavy atom. The maximum Gasteiger partial charge on any atom is 0.273 e. The first-order chi connectivity index (χ1) is 11.2. The summed E-state index contributed by atoms with van der Waals surface area (Å²) in [5, 5.41) is 13.9. The van der Waals surface area contributed by atoms with Gasteiger partial charge in [0.25, 0.3) is 5.91 Å². The maximum absolute atomic E-state index is 13.2. The van der Waals surface area contributed by atoms with E-state index in [9.17, 15) is 9.18 Å². The highest BCUT2D eigenvalue weighted by Crippen LogP contribution is 2.06. The molecule has 128 valence electrons. The van der Waals surface area contributed by atoms with Crippen molar-refractivity contribution >= 4 is 18.3 Å². The number of aromatic nitrogens is 3. The van der Waals surface area contributed by atoms with Crippen molar-refractivity contribution in [2.24, 2.45) is 0 Å². The van der Waals surface area contributed by atoms with Gasteiger partial charge in [0.05, 0.1) is 12.7 Å². The van der Waals surface area contributed by atoms with Gasteiger partial charge >= 0.3 is 0 Å². The van der Waals surface area contributed by atoms with E-state index in [0.29, 0.717) is 13.1 Å². The molecule has 1 aromatic heterocycles. The van der Waals surface area contributed by atoms with E-state index in [2.05, 4.69) is 27.0 Å². The highest BCUT2D eigenvalue weighted by Gasteiger charge is 2.12. The summed E-state index contributed by atoms with van der Waals surface area (Å²) in [6.45, 7) is 2.67. The van der Waals surface area contributed by atoms with Crippen LogP contribution in [0.2, 0.25) is 0 Å². The minimum atomic E-state index is -0.296. The molecule has 2 heterocycles. The first kappa shape index (κ1) is 18.1. The number of amides is 1. The molecule has 0 unspecified atom stereocenters. The van der Waals surface area contributed by atoms with Gasteiger partial charge in [-0.15, -0.1) is 17.5 Å². The number of nitrogens with zero attached hydrogens (tertiary/aromatic N) is 3. The van der Waals surface area contributed by atoms with Gasteiger partial charge in [-0.2, -0.15) is 0 Å². The second-order valence-corrected chi connectivity index (χ2v) is 5.43. The Morgan fingerprint density at radius 2 is 2.29 bits per heavy atom. The molecule has 3 rings (SSSR count). The van der Waals surface area contributed by atoms with Crippen LogP contribution in [0.15, 0.2) is 42.1 Å². The molecule has 6 nitrogen and oxygen atoms in total. The maximum atomic E-state index is 13.2. The first-order valence-corrected chi connectivity index (χ1v) is 7.52. The zero-order valence-electron chi connectivity index (χ0n) is 13.0. The van der Waals surface area contributed by atoms with Crippen molar-refractivity contribution in [3.8, 4) is 0 Å². The van der Waals surface area contributed by atoms with E-state index in [0.717, 1.165) is 25.1 Å². The molecule has 1 amide bonds. The number of halogens is 2. The van der Waals surface area contributed by atoms with Crippen LogP contribution in [-0.2, 0) is 6.54 Å². The Balaban J connectivity index is 0.00000208. The van der Waals surface area contributed by atoms with E-state index < -0.39 is 0 Å². The molecule has 0 radical (unpaired) electrons. The summed E-state index contributed by atoms with van der Waals surface area (Å²) in [6, 6.07) is 6.26. The third-order valence-electron chi connectivity index (χ3n) is 3.64. The lowest BCUT2D eigenvalue weighted by Crippen LogP contribution is -2.29. The second-order valence-electron chi connectivity index (χ2n) is 5.43. The van der Waals surface area contributed by atoms with E-state index >= 15 is 0 Å². The Hall–Kier alpha value is -2.25. The first-order valence-electron chi connectivity index (χ1n) is 7.52. The minimum Gasteiger partial charge on any atom is -0.347 e. The highest BCUT2D eigenvalue weighted by atomic mass is 35.5. The van der Waals surface area contributed by atoms with Crippen molar-refractivity contribution < 1.29 is 9.18 Å². The van der Waals surface area contributed by atoms with E-state index in [1.165, 1.54) is 22.4 Å². The molecule has 0 atom stereocenters. The van der Waals surface area contributed by atoms with Crippen molar-refractivity contribution in [2.45, 2.75) is 13.0 Å². The molecular formula is C16H19ClFN5O. The van der Waals surface area contributed by atoms with Gasteiger partial charge in [-0.1, -0.05) is 29.0 Å². The molecule has 0 spiro atoms. The molecule has 0 fully saturated rings. The Morgan fingerprint density at radius 3 is 3.04 bits per heavy atom. The van der Waals surface area contributed by atoms with Crippen LogP contribution < -0.4 is 10.6 Å². The minimum absolute atomic E-state index is 0. The lowest BCUT2D eigenvalue weighted by atomic mass is 10.1. The fraction of sp³-hybridized carbons (Fsp3) is 0.312. The number of hydrogen-bond donors (Lipinski definition) is 2. The van der Waals surface area contributed by atoms with E-state index in [4.69, 9.17) is 0 Å².